The van der Waals surface area contributed by atoms with Gasteiger partial charge in [0.1, 0.15) is 12.6 Å². The van der Waals surface area contributed by atoms with E-state index in [2.05, 4.69) is 21.2 Å². The van der Waals surface area contributed by atoms with Gasteiger partial charge < -0.3 is 10.1 Å². The van der Waals surface area contributed by atoms with Crippen molar-refractivity contribution in [1.82, 2.24) is 4.90 Å². The lowest BCUT2D eigenvalue weighted by Gasteiger charge is -2.35. The molecule has 5 nitrogen and oxygen atoms in total. The van der Waals surface area contributed by atoms with Gasteiger partial charge in [0, 0.05) is 16.6 Å². The lowest BCUT2D eigenvalue weighted by Crippen LogP contribution is -2.50. The van der Waals surface area contributed by atoms with E-state index in [4.69, 9.17) is 4.74 Å². The number of carbonyl (C=O) groups is 2. The highest BCUT2D eigenvalue weighted by Gasteiger charge is 2.35. The van der Waals surface area contributed by atoms with Gasteiger partial charge in [-0.15, -0.1) is 0 Å². The summed E-state index contributed by atoms with van der Waals surface area (Å²) < 4.78 is 6.46. The predicted molar refractivity (Wildman–Crippen MR) is 119 cm³/mol. The van der Waals surface area contributed by atoms with Crippen LogP contribution in [0.2, 0.25) is 0 Å². The summed E-state index contributed by atoms with van der Waals surface area (Å²) in [7, 11) is 0. The third kappa shape index (κ3) is 4.71. The van der Waals surface area contributed by atoms with Gasteiger partial charge in [0.15, 0.2) is 0 Å². The summed E-state index contributed by atoms with van der Waals surface area (Å²) in [6.45, 7) is 0.501. The molecule has 1 heterocycles. The zero-order chi connectivity index (χ0) is 20.9. The first-order valence-corrected chi connectivity index (χ1v) is 10.5. The molecule has 1 atom stereocenters. The summed E-state index contributed by atoms with van der Waals surface area (Å²) in [4.78, 5) is 27.5. The van der Waals surface area contributed by atoms with Gasteiger partial charge in [-0.1, -0.05) is 70.5 Å². The van der Waals surface area contributed by atoms with Crippen LogP contribution in [0.25, 0.3) is 0 Å². The molecule has 2 amide bonds. The summed E-state index contributed by atoms with van der Waals surface area (Å²) >= 11 is 3.39. The summed E-state index contributed by atoms with van der Waals surface area (Å²) in [5, 5.41) is 2.92. The van der Waals surface area contributed by atoms with Gasteiger partial charge in [0.05, 0.1) is 6.54 Å². The molecule has 0 aromatic heterocycles. The molecule has 0 saturated heterocycles. The van der Waals surface area contributed by atoms with Crippen molar-refractivity contribution in [2.45, 2.75) is 25.6 Å². The van der Waals surface area contributed by atoms with E-state index in [-0.39, 0.29) is 12.5 Å². The molecular formula is C24H21BrN2O3. The fourth-order valence-corrected chi connectivity index (χ4v) is 3.77. The van der Waals surface area contributed by atoms with E-state index >= 15 is 0 Å². The summed E-state index contributed by atoms with van der Waals surface area (Å²) in [5.41, 5.74) is 3.68. The highest BCUT2D eigenvalue weighted by atomic mass is 79.9. The molecule has 0 radical (unpaired) electrons. The average Bonchev–Trinajstić information content (AvgIpc) is 2.78. The highest BCUT2D eigenvalue weighted by Crippen LogP contribution is 2.25. The Balaban J connectivity index is 1.52. The molecular weight excluding hydrogens is 444 g/mol. The zero-order valence-electron chi connectivity index (χ0n) is 16.3. The Morgan fingerprint density at radius 2 is 1.60 bits per heavy atom. The highest BCUT2D eigenvalue weighted by molar-refractivity contribution is 9.10. The maximum Gasteiger partial charge on any atom is 0.411 e. The van der Waals surface area contributed by atoms with Gasteiger partial charge in [-0.05, 0) is 41.0 Å². The number of nitrogens with one attached hydrogen (secondary N) is 1. The predicted octanol–water partition coefficient (Wildman–Crippen LogP) is 5.15. The zero-order valence-corrected chi connectivity index (χ0v) is 17.8. The van der Waals surface area contributed by atoms with Gasteiger partial charge in [0.2, 0.25) is 5.91 Å². The molecule has 1 aliphatic heterocycles. The molecule has 0 fully saturated rings. The summed E-state index contributed by atoms with van der Waals surface area (Å²) in [5.74, 6) is -0.233. The van der Waals surface area contributed by atoms with Crippen LogP contribution in [-0.4, -0.2) is 22.9 Å². The van der Waals surface area contributed by atoms with Crippen LogP contribution >= 0.6 is 15.9 Å². The Morgan fingerprint density at radius 1 is 0.933 bits per heavy atom. The Morgan fingerprint density at radius 3 is 2.33 bits per heavy atom. The van der Waals surface area contributed by atoms with Crippen molar-refractivity contribution < 1.29 is 14.3 Å². The van der Waals surface area contributed by atoms with Crippen LogP contribution in [0, 0.1) is 0 Å². The molecule has 1 N–H and O–H groups in total. The lowest BCUT2D eigenvalue weighted by atomic mass is 9.94. The van der Waals surface area contributed by atoms with Crippen LogP contribution in [-0.2, 0) is 29.1 Å². The number of benzene rings is 3. The minimum atomic E-state index is -0.646. The Hall–Kier alpha value is -3.12. The van der Waals surface area contributed by atoms with Crippen molar-refractivity contribution in [3.8, 4) is 0 Å². The molecule has 30 heavy (non-hydrogen) atoms. The van der Waals surface area contributed by atoms with E-state index in [0.29, 0.717) is 18.7 Å². The molecule has 4 rings (SSSR count). The Labute approximate surface area is 183 Å². The number of amides is 2. The van der Waals surface area contributed by atoms with Crippen molar-refractivity contribution in [2.24, 2.45) is 0 Å². The second-order valence-electron chi connectivity index (χ2n) is 7.15. The van der Waals surface area contributed by atoms with Crippen LogP contribution in [0.4, 0.5) is 10.5 Å². The van der Waals surface area contributed by atoms with Gasteiger partial charge in [-0.3, -0.25) is 9.69 Å². The smallest absolute Gasteiger partial charge is 0.411 e. The number of hydrogen-bond acceptors (Lipinski definition) is 3. The van der Waals surface area contributed by atoms with Crippen molar-refractivity contribution >= 4 is 33.6 Å². The van der Waals surface area contributed by atoms with E-state index in [1.54, 1.807) is 0 Å². The number of nitrogens with zero attached hydrogens (tertiary/aromatic N) is 1. The van der Waals surface area contributed by atoms with Gasteiger partial charge in [-0.2, -0.15) is 0 Å². The second-order valence-corrected chi connectivity index (χ2v) is 8.07. The van der Waals surface area contributed by atoms with Crippen LogP contribution < -0.4 is 5.32 Å². The summed E-state index contributed by atoms with van der Waals surface area (Å²) in [6.07, 6.45) is -0.0526. The Kier molecular flexibility index (Phi) is 6.14. The molecule has 152 valence electrons. The van der Waals surface area contributed by atoms with E-state index in [9.17, 15) is 9.59 Å². The van der Waals surface area contributed by atoms with Gasteiger partial charge >= 0.3 is 6.09 Å². The normalized spacial score (nSPS) is 15.2. The van der Waals surface area contributed by atoms with Crippen molar-refractivity contribution in [1.29, 1.82) is 0 Å². The molecule has 1 aliphatic rings. The molecule has 0 unspecified atom stereocenters. The average molecular weight is 465 g/mol. The second kappa shape index (κ2) is 9.13. The fourth-order valence-electron chi connectivity index (χ4n) is 3.51. The molecule has 3 aromatic rings. The first-order valence-electron chi connectivity index (χ1n) is 9.71. The van der Waals surface area contributed by atoms with Crippen molar-refractivity contribution in [3.63, 3.8) is 0 Å². The number of hydrogen-bond donors (Lipinski definition) is 1. The molecule has 6 heteroatoms. The third-order valence-corrected chi connectivity index (χ3v) is 5.63. The SMILES string of the molecule is O=C(Nc1ccc(Br)cc1)[C@H]1Cc2ccccc2CN1C(=O)OCc1ccccc1. The monoisotopic (exact) mass is 464 g/mol. The van der Waals surface area contributed by atoms with Gasteiger partial charge in [0.25, 0.3) is 0 Å². The molecule has 0 spiro atoms. The molecule has 0 aliphatic carbocycles. The minimum Gasteiger partial charge on any atom is -0.445 e. The third-order valence-electron chi connectivity index (χ3n) is 5.10. The lowest BCUT2D eigenvalue weighted by molar-refractivity contribution is -0.121. The summed E-state index contributed by atoms with van der Waals surface area (Å²) in [6, 6.07) is 24.1. The van der Waals surface area contributed by atoms with E-state index < -0.39 is 12.1 Å². The van der Waals surface area contributed by atoms with E-state index in [1.165, 1.54) is 4.90 Å². The first-order chi connectivity index (χ1) is 14.6. The number of ether oxygens (including phenoxy) is 1. The van der Waals surface area contributed by atoms with E-state index in [0.717, 1.165) is 21.2 Å². The van der Waals surface area contributed by atoms with Crippen molar-refractivity contribution in [3.05, 3.63) is 100 Å². The number of anilines is 1. The minimum absolute atomic E-state index is 0.166. The number of carbonyl (C=O) groups excluding carboxylic acids is 2. The van der Waals surface area contributed by atoms with Crippen molar-refractivity contribution in [2.75, 3.05) is 5.32 Å². The molecule has 0 bridgehead atoms. The van der Waals surface area contributed by atoms with Crippen LogP contribution in [0.5, 0.6) is 0 Å². The molecule has 3 aromatic carbocycles. The molecule has 0 saturated carbocycles. The quantitative estimate of drug-likeness (QED) is 0.580. The number of halogens is 1. The number of rotatable bonds is 4. The first kappa shape index (κ1) is 20.2. The van der Waals surface area contributed by atoms with Crippen LogP contribution in [0.3, 0.4) is 0 Å². The maximum absolute atomic E-state index is 13.1. The van der Waals surface area contributed by atoms with Crippen LogP contribution in [0.1, 0.15) is 16.7 Å². The standard InChI is InChI=1S/C24H21BrN2O3/c25-20-10-12-21(13-11-20)26-23(28)22-14-18-8-4-5-9-19(18)15-27(22)24(29)30-16-17-6-2-1-3-7-17/h1-13,22H,14-16H2,(H,26,28)/t22-/m1/s1. The maximum atomic E-state index is 13.1. The fraction of sp³-hybridized carbons (Fsp3) is 0.167. The van der Waals surface area contributed by atoms with Gasteiger partial charge in [-0.25, -0.2) is 4.79 Å². The number of fused-ring (bicyclic) bond motifs is 1. The topological polar surface area (TPSA) is 58.6 Å². The van der Waals surface area contributed by atoms with E-state index in [1.807, 2.05) is 78.9 Å². The largest absolute Gasteiger partial charge is 0.445 e. The Bertz CT molecular complexity index is 1040. The van der Waals surface area contributed by atoms with Crippen LogP contribution in [0.15, 0.2) is 83.3 Å².